The summed E-state index contributed by atoms with van der Waals surface area (Å²) in [6.45, 7) is 2.64. The van der Waals surface area contributed by atoms with E-state index in [1.165, 1.54) is 24.8 Å². The molecule has 0 atom stereocenters. The van der Waals surface area contributed by atoms with Crippen LogP contribution in [0.5, 0.6) is 11.5 Å². The van der Waals surface area contributed by atoms with E-state index in [4.69, 9.17) is 15.2 Å². The zero-order valence-corrected chi connectivity index (χ0v) is 11.1. The lowest BCUT2D eigenvalue weighted by Gasteiger charge is -2.14. The Bertz CT molecular complexity index is 325. The van der Waals surface area contributed by atoms with Gasteiger partial charge < -0.3 is 15.2 Å². The molecule has 0 bridgehead atoms. The molecule has 17 heavy (non-hydrogen) atoms. The molecule has 96 valence electrons. The molecule has 2 N–H and O–H groups in total. The van der Waals surface area contributed by atoms with Gasteiger partial charge in [0, 0.05) is 12.1 Å². The second-order valence-electron chi connectivity index (χ2n) is 4.14. The summed E-state index contributed by atoms with van der Waals surface area (Å²) in [5.41, 5.74) is 7.91. The number of aryl methyl sites for hydroxylation is 1. The van der Waals surface area contributed by atoms with Crippen molar-refractivity contribution in [3.8, 4) is 11.5 Å². The van der Waals surface area contributed by atoms with Crippen LogP contribution in [-0.2, 0) is 13.0 Å². The predicted octanol–water partition coefficient (Wildman–Crippen LogP) is 2.90. The van der Waals surface area contributed by atoms with Crippen LogP contribution in [0.2, 0.25) is 0 Å². The second kappa shape index (κ2) is 7.17. The van der Waals surface area contributed by atoms with Gasteiger partial charge in [0.1, 0.15) is 11.5 Å². The lowest BCUT2D eigenvalue weighted by Crippen LogP contribution is -2.04. The van der Waals surface area contributed by atoms with Gasteiger partial charge in [-0.25, -0.2) is 0 Å². The fraction of sp³-hybridized carbons (Fsp3) is 0.571. The Balaban J connectivity index is 2.92. The van der Waals surface area contributed by atoms with E-state index < -0.39 is 0 Å². The highest BCUT2D eigenvalue weighted by atomic mass is 16.5. The topological polar surface area (TPSA) is 44.5 Å². The maximum atomic E-state index is 5.71. The average Bonchev–Trinajstić information content (AvgIpc) is 2.37. The minimum absolute atomic E-state index is 0.432. The molecular weight excluding hydrogens is 214 g/mol. The van der Waals surface area contributed by atoms with Crippen LogP contribution in [0.15, 0.2) is 12.1 Å². The summed E-state index contributed by atoms with van der Waals surface area (Å²) in [4.78, 5) is 0. The molecule has 1 aromatic carbocycles. The van der Waals surface area contributed by atoms with Crippen molar-refractivity contribution < 1.29 is 9.47 Å². The summed E-state index contributed by atoms with van der Waals surface area (Å²) in [6, 6.07) is 4.14. The summed E-state index contributed by atoms with van der Waals surface area (Å²) >= 11 is 0. The maximum Gasteiger partial charge on any atom is 0.127 e. The van der Waals surface area contributed by atoms with Gasteiger partial charge >= 0.3 is 0 Å². The summed E-state index contributed by atoms with van der Waals surface area (Å²) < 4.78 is 10.7. The molecule has 0 saturated carbocycles. The predicted molar refractivity (Wildman–Crippen MR) is 70.7 cm³/mol. The van der Waals surface area contributed by atoms with Crippen molar-refractivity contribution in [1.29, 1.82) is 0 Å². The third kappa shape index (κ3) is 3.63. The second-order valence-corrected chi connectivity index (χ2v) is 4.14. The molecule has 3 heteroatoms. The number of hydrogen-bond donors (Lipinski definition) is 1. The van der Waals surface area contributed by atoms with Crippen LogP contribution in [0.25, 0.3) is 0 Å². The molecule has 0 aliphatic heterocycles. The Hall–Kier alpha value is -1.22. The van der Waals surface area contributed by atoms with Gasteiger partial charge in [0.15, 0.2) is 0 Å². The lowest BCUT2D eigenvalue weighted by atomic mass is 10.0. The number of methoxy groups -OCH3 is 2. The van der Waals surface area contributed by atoms with E-state index in [1.807, 2.05) is 0 Å². The first-order valence-electron chi connectivity index (χ1n) is 6.20. The van der Waals surface area contributed by atoms with Gasteiger partial charge in [-0.05, 0) is 30.5 Å². The molecule has 0 unspecified atom stereocenters. The van der Waals surface area contributed by atoms with Crippen molar-refractivity contribution in [2.75, 3.05) is 14.2 Å². The number of nitrogens with two attached hydrogens (primary N) is 1. The number of benzene rings is 1. The average molecular weight is 237 g/mol. The van der Waals surface area contributed by atoms with Crippen molar-refractivity contribution in [1.82, 2.24) is 0 Å². The smallest absolute Gasteiger partial charge is 0.127 e. The SMILES string of the molecule is CCCCCc1cc(OC)c(CN)c(OC)c1. The van der Waals surface area contributed by atoms with Gasteiger partial charge in [0.05, 0.1) is 14.2 Å². The van der Waals surface area contributed by atoms with Crippen LogP contribution < -0.4 is 15.2 Å². The molecule has 0 spiro atoms. The highest BCUT2D eigenvalue weighted by Crippen LogP contribution is 2.30. The molecule has 0 aliphatic rings. The highest BCUT2D eigenvalue weighted by Gasteiger charge is 2.10. The number of rotatable bonds is 7. The summed E-state index contributed by atoms with van der Waals surface area (Å²) in [6.07, 6.45) is 4.74. The Kier molecular flexibility index (Phi) is 5.84. The van der Waals surface area contributed by atoms with Gasteiger partial charge in [0.2, 0.25) is 0 Å². The first-order chi connectivity index (χ1) is 8.26. The van der Waals surface area contributed by atoms with E-state index in [0.29, 0.717) is 6.54 Å². The van der Waals surface area contributed by atoms with E-state index in [0.717, 1.165) is 23.5 Å². The lowest BCUT2D eigenvalue weighted by molar-refractivity contribution is 0.384. The molecular formula is C14H23NO2. The van der Waals surface area contributed by atoms with Crippen molar-refractivity contribution in [3.05, 3.63) is 23.3 Å². The van der Waals surface area contributed by atoms with Crippen molar-refractivity contribution in [2.24, 2.45) is 5.73 Å². The third-order valence-electron chi connectivity index (χ3n) is 2.94. The van der Waals surface area contributed by atoms with Crippen LogP contribution >= 0.6 is 0 Å². The van der Waals surface area contributed by atoms with Gasteiger partial charge in [-0.1, -0.05) is 19.8 Å². The van der Waals surface area contributed by atoms with Crippen LogP contribution in [0.3, 0.4) is 0 Å². The molecule has 0 fully saturated rings. The van der Waals surface area contributed by atoms with Crippen molar-refractivity contribution in [2.45, 2.75) is 39.2 Å². The molecule has 1 rings (SSSR count). The highest BCUT2D eigenvalue weighted by molar-refractivity contribution is 5.48. The number of hydrogen-bond acceptors (Lipinski definition) is 3. The molecule has 3 nitrogen and oxygen atoms in total. The standard InChI is InChI=1S/C14H23NO2/c1-4-5-6-7-11-8-13(16-2)12(10-15)14(9-11)17-3/h8-9H,4-7,10,15H2,1-3H3. The first-order valence-corrected chi connectivity index (χ1v) is 6.20. The van der Waals surface area contributed by atoms with Crippen LogP contribution in [0.4, 0.5) is 0 Å². The van der Waals surface area contributed by atoms with Gasteiger partial charge in [-0.2, -0.15) is 0 Å². The Morgan fingerprint density at radius 1 is 1.06 bits per heavy atom. The van der Waals surface area contributed by atoms with Crippen LogP contribution in [0.1, 0.15) is 37.3 Å². The van der Waals surface area contributed by atoms with Crippen molar-refractivity contribution in [3.63, 3.8) is 0 Å². The fourth-order valence-corrected chi connectivity index (χ4v) is 1.96. The van der Waals surface area contributed by atoms with E-state index in [2.05, 4.69) is 19.1 Å². The summed E-state index contributed by atoms with van der Waals surface area (Å²) in [7, 11) is 3.34. The fourth-order valence-electron chi connectivity index (χ4n) is 1.96. The maximum absolute atomic E-state index is 5.71. The van der Waals surface area contributed by atoms with Crippen molar-refractivity contribution >= 4 is 0 Å². The number of ether oxygens (including phenoxy) is 2. The first kappa shape index (κ1) is 13.8. The quantitative estimate of drug-likeness (QED) is 0.742. The van der Waals surface area contributed by atoms with E-state index in [9.17, 15) is 0 Å². The minimum Gasteiger partial charge on any atom is -0.496 e. The molecule has 0 saturated heterocycles. The largest absolute Gasteiger partial charge is 0.496 e. The molecule has 0 aliphatic carbocycles. The monoisotopic (exact) mass is 237 g/mol. The Morgan fingerprint density at radius 2 is 1.65 bits per heavy atom. The molecule has 1 aromatic rings. The van der Waals surface area contributed by atoms with Gasteiger partial charge in [-0.3, -0.25) is 0 Å². The summed E-state index contributed by atoms with van der Waals surface area (Å²) in [5.74, 6) is 1.66. The Morgan fingerprint density at radius 3 is 2.06 bits per heavy atom. The zero-order chi connectivity index (χ0) is 12.7. The summed E-state index contributed by atoms with van der Waals surface area (Å²) in [5, 5.41) is 0. The molecule has 0 heterocycles. The Labute approximate surface area is 104 Å². The number of unbranched alkanes of at least 4 members (excludes halogenated alkanes) is 2. The van der Waals surface area contributed by atoms with Crippen LogP contribution in [0, 0.1) is 0 Å². The van der Waals surface area contributed by atoms with E-state index in [-0.39, 0.29) is 0 Å². The normalized spacial score (nSPS) is 10.4. The third-order valence-corrected chi connectivity index (χ3v) is 2.94. The minimum atomic E-state index is 0.432. The van der Waals surface area contributed by atoms with E-state index >= 15 is 0 Å². The van der Waals surface area contributed by atoms with Crippen LogP contribution in [-0.4, -0.2) is 14.2 Å². The molecule has 0 amide bonds. The van der Waals surface area contributed by atoms with E-state index in [1.54, 1.807) is 14.2 Å². The molecule has 0 radical (unpaired) electrons. The zero-order valence-electron chi connectivity index (χ0n) is 11.1. The molecule has 0 aromatic heterocycles. The van der Waals surface area contributed by atoms with Gasteiger partial charge in [-0.15, -0.1) is 0 Å². The van der Waals surface area contributed by atoms with Gasteiger partial charge in [0.25, 0.3) is 0 Å².